The maximum atomic E-state index is 12.9. The van der Waals surface area contributed by atoms with E-state index in [9.17, 15) is 10.1 Å². The molecule has 2 aromatic carbocycles. The van der Waals surface area contributed by atoms with Gasteiger partial charge in [-0.1, -0.05) is 17.7 Å². The zero-order chi connectivity index (χ0) is 22.5. The summed E-state index contributed by atoms with van der Waals surface area (Å²) in [5.74, 6) is 0.756. The Labute approximate surface area is 184 Å². The molecule has 31 heavy (non-hydrogen) atoms. The van der Waals surface area contributed by atoms with Crippen LogP contribution < -0.4 is 30.6 Å². The third kappa shape index (κ3) is 4.49. The van der Waals surface area contributed by atoms with E-state index in [2.05, 4.69) is 16.7 Å². The normalized spacial score (nSPS) is 10.2. The average Bonchev–Trinajstić information content (AvgIpc) is 3.09. The van der Waals surface area contributed by atoms with Gasteiger partial charge < -0.3 is 30.6 Å². The maximum Gasteiger partial charge on any atom is 0.267 e. The van der Waals surface area contributed by atoms with Crippen LogP contribution in [0.4, 0.5) is 22.1 Å². The zero-order valence-electron chi connectivity index (χ0n) is 17.5. The van der Waals surface area contributed by atoms with Crippen molar-refractivity contribution in [3.8, 4) is 23.3 Å². The second-order valence-electron chi connectivity index (χ2n) is 6.52. The van der Waals surface area contributed by atoms with Gasteiger partial charge in [0.05, 0.1) is 27.0 Å². The number of nitrogens with zero attached hydrogens (tertiary/aromatic N) is 1. The molecule has 0 unspecified atom stereocenters. The Hall–Kier alpha value is -3.90. The van der Waals surface area contributed by atoms with Crippen molar-refractivity contribution < 1.29 is 19.0 Å². The molecule has 4 N–H and O–H groups in total. The molecule has 0 saturated heterocycles. The monoisotopic (exact) mass is 438 g/mol. The van der Waals surface area contributed by atoms with Crippen molar-refractivity contribution in [3.05, 3.63) is 52.4 Å². The third-order valence-corrected chi connectivity index (χ3v) is 5.61. The molecule has 0 fully saturated rings. The molecule has 0 aliphatic rings. The molecule has 160 valence electrons. The highest BCUT2D eigenvalue weighted by Crippen LogP contribution is 2.41. The number of benzene rings is 2. The minimum atomic E-state index is -0.453. The van der Waals surface area contributed by atoms with Crippen molar-refractivity contribution in [1.82, 2.24) is 0 Å². The Morgan fingerprint density at radius 2 is 1.65 bits per heavy atom. The molecule has 1 heterocycles. The van der Waals surface area contributed by atoms with Gasteiger partial charge in [0.15, 0.2) is 11.5 Å². The Morgan fingerprint density at radius 1 is 1.03 bits per heavy atom. The van der Waals surface area contributed by atoms with Crippen LogP contribution >= 0.6 is 11.3 Å². The molecular formula is C22H22N4O4S. The molecule has 0 spiro atoms. The Kier molecular flexibility index (Phi) is 6.52. The van der Waals surface area contributed by atoms with Crippen LogP contribution in [0.5, 0.6) is 17.2 Å². The number of aryl methyl sites for hydroxylation is 1. The number of nitriles is 1. The molecule has 1 amide bonds. The van der Waals surface area contributed by atoms with Gasteiger partial charge in [-0.3, -0.25) is 4.79 Å². The largest absolute Gasteiger partial charge is 0.493 e. The van der Waals surface area contributed by atoms with Gasteiger partial charge in [0.2, 0.25) is 5.75 Å². The van der Waals surface area contributed by atoms with E-state index in [1.807, 2.05) is 31.2 Å². The van der Waals surface area contributed by atoms with E-state index < -0.39 is 5.91 Å². The Bertz CT molecular complexity index is 1120. The number of nitrogens with one attached hydrogen (secondary N) is 2. The topological polar surface area (TPSA) is 119 Å². The molecule has 0 atom stereocenters. The fraction of sp³-hybridized carbons (Fsp3) is 0.182. The molecule has 8 nitrogen and oxygen atoms in total. The third-order valence-electron chi connectivity index (χ3n) is 4.50. The van der Waals surface area contributed by atoms with Crippen LogP contribution in [0.1, 0.15) is 20.8 Å². The molecule has 9 heteroatoms. The summed E-state index contributed by atoms with van der Waals surface area (Å²) in [7, 11) is 4.47. The van der Waals surface area contributed by atoms with Crippen molar-refractivity contribution in [2.75, 3.05) is 37.7 Å². The summed E-state index contributed by atoms with van der Waals surface area (Å²) in [5.41, 5.74) is 8.80. The number of carbonyl (C=O) groups excluding carboxylic acids is 1. The van der Waals surface area contributed by atoms with Gasteiger partial charge in [-0.15, -0.1) is 11.3 Å². The summed E-state index contributed by atoms with van der Waals surface area (Å²) >= 11 is 1.11. The van der Waals surface area contributed by atoms with Crippen LogP contribution in [0, 0.1) is 18.3 Å². The highest BCUT2D eigenvalue weighted by atomic mass is 32.1. The number of ether oxygens (including phenoxy) is 3. The first-order valence-corrected chi connectivity index (χ1v) is 10.0. The first kappa shape index (κ1) is 21.8. The number of hydrogen-bond donors (Lipinski definition) is 3. The van der Waals surface area contributed by atoms with Gasteiger partial charge in [0.1, 0.15) is 21.5 Å². The van der Waals surface area contributed by atoms with E-state index >= 15 is 0 Å². The van der Waals surface area contributed by atoms with Gasteiger partial charge in [-0.2, -0.15) is 5.26 Å². The summed E-state index contributed by atoms with van der Waals surface area (Å²) in [5, 5.41) is 16.0. The molecule has 0 aliphatic heterocycles. The molecule has 0 radical (unpaired) electrons. The molecule has 3 aromatic rings. The van der Waals surface area contributed by atoms with E-state index in [0.29, 0.717) is 27.9 Å². The highest BCUT2D eigenvalue weighted by Gasteiger charge is 2.22. The van der Waals surface area contributed by atoms with Gasteiger partial charge in [0, 0.05) is 23.5 Å². The van der Waals surface area contributed by atoms with E-state index in [1.54, 1.807) is 12.1 Å². The molecular weight excluding hydrogens is 416 g/mol. The molecule has 0 saturated carbocycles. The van der Waals surface area contributed by atoms with E-state index in [0.717, 1.165) is 22.6 Å². The van der Waals surface area contributed by atoms with Crippen LogP contribution in [0.15, 0.2) is 36.4 Å². The molecule has 3 rings (SSSR count). The van der Waals surface area contributed by atoms with E-state index in [1.165, 1.54) is 21.3 Å². The van der Waals surface area contributed by atoms with Crippen LogP contribution in [-0.2, 0) is 0 Å². The van der Waals surface area contributed by atoms with Crippen LogP contribution in [0.2, 0.25) is 0 Å². The minimum absolute atomic E-state index is 0.118. The summed E-state index contributed by atoms with van der Waals surface area (Å²) < 4.78 is 15.9. The molecule has 0 aliphatic carbocycles. The van der Waals surface area contributed by atoms with Crippen molar-refractivity contribution in [2.45, 2.75) is 6.92 Å². The summed E-state index contributed by atoms with van der Waals surface area (Å²) in [4.78, 5) is 13.2. The minimum Gasteiger partial charge on any atom is -0.493 e. The van der Waals surface area contributed by atoms with Crippen molar-refractivity contribution in [2.24, 2.45) is 0 Å². The van der Waals surface area contributed by atoms with Crippen molar-refractivity contribution in [1.29, 1.82) is 5.26 Å². The maximum absolute atomic E-state index is 12.9. The first-order valence-electron chi connectivity index (χ1n) is 9.19. The van der Waals surface area contributed by atoms with Crippen LogP contribution in [0.3, 0.4) is 0 Å². The quantitative estimate of drug-likeness (QED) is 0.496. The van der Waals surface area contributed by atoms with Crippen molar-refractivity contribution >= 4 is 39.3 Å². The van der Waals surface area contributed by atoms with E-state index in [4.69, 9.17) is 19.9 Å². The number of thiophene rings is 1. The lowest BCUT2D eigenvalue weighted by atomic mass is 10.2. The van der Waals surface area contributed by atoms with Crippen LogP contribution in [-0.4, -0.2) is 27.2 Å². The molecule has 0 bridgehead atoms. The van der Waals surface area contributed by atoms with Crippen LogP contribution in [0.25, 0.3) is 0 Å². The summed E-state index contributed by atoms with van der Waals surface area (Å²) in [6.45, 7) is 1.99. The number of rotatable bonds is 7. The van der Waals surface area contributed by atoms with Crippen molar-refractivity contribution in [3.63, 3.8) is 0 Å². The zero-order valence-corrected chi connectivity index (χ0v) is 18.3. The standard InChI is InChI=1S/C22H22N4O4S/c1-12-5-7-13(8-6-12)26-22-15(11-23)18(24)20(31-22)21(27)25-14-9-16(28-2)19(30-4)17(10-14)29-3/h5-10,26H,24H2,1-4H3,(H,25,27). The average molecular weight is 439 g/mol. The lowest BCUT2D eigenvalue weighted by Gasteiger charge is -2.14. The van der Waals surface area contributed by atoms with E-state index in [-0.39, 0.29) is 16.1 Å². The number of methoxy groups -OCH3 is 3. The number of amides is 1. The number of nitrogen functional groups attached to an aromatic ring is 1. The van der Waals surface area contributed by atoms with Gasteiger partial charge in [-0.05, 0) is 19.1 Å². The number of carbonyl (C=O) groups is 1. The lowest BCUT2D eigenvalue weighted by molar-refractivity contribution is 0.103. The number of anilines is 4. The number of hydrogen-bond acceptors (Lipinski definition) is 8. The number of nitrogens with two attached hydrogens (primary N) is 1. The van der Waals surface area contributed by atoms with Gasteiger partial charge in [0.25, 0.3) is 5.91 Å². The lowest BCUT2D eigenvalue weighted by Crippen LogP contribution is -2.12. The fourth-order valence-electron chi connectivity index (χ4n) is 2.92. The smallest absolute Gasteiger partial charge is 0.267 e. The molecule has 1 aromatic heterocycles. The Morgan fingerprint density at radius 3 is 2.16 bits per heavy atom. The van der Waals surface area contributed by atoms with Gasteiger partial charge >= 0.3 is 0 Å². The van der Waals surface area contributed by atoms with Gasteiger partial charge in [-0.25, -0.2) is 0 Å². The fourth-order valence-corrected chi connectivity index (χ4v) is 3.91. The first-order chi connectivity index (χ1) is 14.9. The second kappa shape index (κ2) is 9.28. The summed E-state index contributed by atoms with van der Waals surface area (Å²) in [6, 6.07) is 13.0. The predicted molar refractivity (Wildman–Crippen MR) is 122 cm³/mol. The summed E-state index contributed by atoms with van der Waals surface area (Å²) in [6.07, 6.45) is 0. The predicted octanol–water partition coefficient (Wildman–Crippen LogP) is 4.53. The highest BCUT2D eigenvalue weighted by molar-refractivity contribution is 7.19. The second-order valence-corrected chi connectivity index (χ2v) is 7.54. The SMILES string of the molecule is COc1cc(NC(=O)c2sc(Nc3ccc(C)cc3)c(C#N)c2N)cc(OC)c1OC. The Balaban J connectivity index is 1.91.